The molecule has 9 heteroatoms. The average Bonchev–Trinajstić information content (AvgIpc) is 2.68. The molecular weight excluding hydrogens is 402 g/mol. The van der Waals surface area contributed by atoms with E-state index in [1.807, 2.05) is 19.1 Å². The number of amides is 2. The average molecular weight is 422 g/mol. The van der Waals surface area contributed by atoms with Crippen molar-refractivity contribution in [2.24, 2.45) is 0 Å². The third kappa shape index (κ3) is 7.90. The fourth-order valence-corrected chi connectivity index (χ4v) is 2.83. The van der Waals surface area contributed by atoms with E-state index in [0.29, 0.717) is 27.9 Å². The van der Waals surface area contributed by atoms with Gasteiger partial charge < -0.3 is 15.4 Å². The first-order valence-electron chi connectivity index (χ1n) is 8.69. The van der Waals surface area contributed by atoms with Crippen LogP contribution in [0.25, 0.3) is 0 Å². The molecule has 2 N–H and O–H groups in total. The van der Waals surface area contributed by atoms with Crippen molar-refractivity contribution >= 4 is 35.2 Å². The van der Waals surface area contributed by atoms with Crippen molar-refractivity contribution in [1.82, 2.24) is 5.32 Å². The Morgan fingerprint density at radius 1 is 1.07 bits per heavy atom. The molecule has 0 aliphatic carbocycles. The van der Waals surface area contributed by atoms with Crippen LogP contribution in [0.4, 0.5) is 14.5 Å². The summed E-state index contributed by atoms with van der Waals surface area (Å²) < 4.78 is 29.4. The number of esters is 1. The van der Waals surface area contributed by atoms with Gasteiger partial charge in [-0.05, 0) is 42.8 Å². The number of nitrogens with one attached hydrogen (secondary N) is 2. The van der Waals surface area contributed by atoms with Crippen molar-refractivity contribution in [2.45, 2.75) is 24.0 Å². The molecule has 0 radical (unpaired) electrons. The van der Waals surface area contributed by atoms with Crippen molar-refractivity contribution in [1.29, 1.82) is 0 Å². The topological polar surface area (TPSA) is 84.5 Å². The molecule has 0 unspecified atom stereocenters. The third-order valence-corrected chi connectivity index (χ3v) is 4.45. The molecule has 0 spiro atoms. The predicted molar refractivity (Wildman–Crippen MR) is 106 cm³/mol. The lowest BCUT2D eigenvalue weighted by Gasteiger charge is -2.09. The normalized spacial score (nSPS) is 10.5. The van der Waals surface area contributed by atoms with Crippen LogP contribution in [0.5, 0.6) is 0 Å². The van der Waals surface area contributed by atoms with Crippen LogP contribution < -0.4 is 10.6 Å². The Morgan fingerprint density at radius 3 is 2.41 bits per heavy atom. The highest BCUT2D eigenvalue weighted by Gasteiger charge is 2.11. The molecule has 154 valence electrons. The highest BCUT2D eigenvalue weighted by atomic mass is 32.2. The summed E-state index contributed by atoms with van der Waals surface area (Å²) in [5.41, 5.74) is 1.75. The number of alkyl halides is 2. The maximum atomic E-state index is 12.3. The van der Waals surface area contributed by atoms with Gasteiger partial charge in [-0.2, -0.15) is 8.78 Å². The van der Waals surface area contributed by atoms with E-state index < -0.39 is 24.2 Å². The summed E-state index contributed by atoms with van der Waals surface area (Å²) in [6.45, 7) is 1.40. The number of thioether (sulfide) groups is 1. The molecule has 0 bridgehead atoms. The Labute approximate surface area is 171 Å². The maximum Gasteiger partial charge on any atom is 0.308 e. The van der Waals surface area contributed by atoms with E-state index in [1.54, 1.807) is 12.1 Å². The van der Waals surface area contributed by atoms with E-state index in [2.05, 4.69) is 10.6 Å². The molecule has 0 aromatic heterocycles. The molecule has 0 aliphatic heterocycles. The van der Waals surface area contributed by atoms with Gasteiger partial charge in [0.25, 0.3) is 17.6 Å². The quantitative estimate of drug-likeness (QED) is 0.476. The second-order valence-corrected chi connectivity index (χ2v) is 7.00. The Kier molecular flexibility index (Phi) is 8.60. The van der Waals surface area contributed by atoms with Gasteiger partial charge in [0.2, 0.25) is 0 Å². The molecule has 0 aliphatic rings. The minimum atomic E-state index is -2.52. The minimum absolute atomic E-state index is 0.0789. The fourth-order valence-electron chi connectivity index (χ4n) is 2.34. The van der Waals surface area contributed by atoms with Gasteiger partial charge in [-0.3, -0.25) is 14.4 Å². The number of halogens is 2. The molecule has 0 atom stereocenters. The van der Waals surface area contributed by atoms with Crippen LogP contribution in [0, 0.1) is 6.92 Å². The van der Waals surface area contributed by atoms with Gasteiger partial charge in [-0.15, -0.1) is 0 Å². The van der Waals surface area contributed by atoms with Gasteiger partial charge >= 0.3 is 5.97 Å². The zero-order chi connectivity index (χ0) is 21.2. The number of carbonyl (C=O) groups excluding carboxylic acids is 3. The molecule has 0 saturated carbocycles. The molecular formula is C20H20F2N2O4S. The molecule has 2 aromatic carbocycles. The van der Waals surface area contributed by atoms with E-state index in [1.165, 1.54) is 24.3 Å². The van der Waals surface area contributed by atoms with Crippen LogP contribution in [-0.4, -0.2) is 36.7 Å². The van der Waals surface area contributed by atoms with Gasteiger partial charge in [0.05, 0.1) is 6.42 Å². The lowest BCUT2D eigenvalue weighted by Crippen LogP contribution is -2.28. The maximum absolute atomic E-state index is 12.3. The molecule has 0 saturated heterocycles. The van der Waals surface area contributed by atoms with Crippen molar-refractivity contribution < 1.29 is 27.9 Å². The van der Waals surface area contributed by atoms with Crippen molar-refractivity contribution in [3.63, 3.8) is 0 Å². The second-order valence-electron chi connectivity index (χ2n) is 5.93. The van der Waals surface area contributed by atoms with Crippen LogP contribution in [0.2, 0.25) is 0 Å². The first-order chi connectivity index (χ1) is 13.8. The summed E-state index contributed by atoms with van der Waals surface area (Å²) in [5, 5.41) is 5.12. The van der Waals surface area contributed by atoms with Gasteiger partial charge in [-0.25, -0.2) is 0 Å². The predicted octanol–water partition coefficient (Wildman–Crippen LogP) is 3.61. The summed E-state index contributed by atoms with van der Waals surface area (Å²) in [4.78, 5) is 35.9. The minimum Gasteiger partial charge on any atom is -0.456 e. The molecule has 0 heterocycles. The lowest BCUT2D eigenvalue weighted by molar-refractivity contribution is -0.147. The first-order valence-corrected chi connectivity index (χ1v) is 9.57. The number of rotatable bonds is 9. The van der Waals surface area contributed by atoms with Crippen molar-refractivity contribution in [2.75, 3.05) is 18.5 Å². The number of carbonyl (C=O) groups is 3. The van der Waals surface area contributed by atoms with E-state index >= 15 is 0 Å². The van der Waals surface area contributed by atoms with E-state index in [0.717, 1.165) is 5.56 Å². The van der Waals surface area contributed by atoms with Crippen molar-refractivity contribution in [3.05, 3.63) is 59.7 Å². The Hall–Kier alpha value is -2.94. The summed E-state index contributed by atoms with van der Waals surface area (Å²) in [7, 11) is 0. The second kappa shape index (κ2) is 11.2. The van der Waals surface area contributed by atoms with Gasteiger partial charge in [0, 0.05) is 22.7 Å². The van der Waals surface area contributed by atoms with Gasteiger partial charge in [0.1, 0.15) is 0 Å². The fraction of sp³-hybridized carbons (Fsp3) is 0.250. The lowest BCUT2D eigenvalue weighted by atomic mass is 10.1. The Balaban J connectivity index is 1.67. The molecule has 0 fully saturated rings. The number of ether oxygens (including phenoxy) is 1. The largest absolute Gasteiger partial charge is 0.456 e. The number of anilines is 1. The van der Waals surface area contributed by atoms with Gasteiger partial charge in [-0.1, -0.05) is 30.0 Å². The zero-order valence-electron chi connectivity index (χ0n) is 15.6. The monoisotopic (exact) mass is 422 g/mol. The van der Waals surface area contributed by atoms with Gasteiger partial charge in [0.15, 0.2) is 6.61 Å². The third-order valence-electron chi connectivity index (χ3n) is 3.73. The smallest absolute Gasteiger partial charge is 0.308 e. The molecule has 29 heavy (non-hydrogen) atoms. The van der Waals surface area contributed by atoms with Crippen LogP contribution in [0.3, 0.4) is 0 Å². The standard InChI is InChI=1S/C20H20F2N2O4S/c1-13-4-2-3-5-16(13)19(27)23-11-10-18(26)28-12-17(25)24-14-6-8-15(9-7-14)29-20(21)22/h2-9,20H,10-12H2,1H3,(H,23,27)(H,24,25). The molecule has 2 amide bonds. The molecule has 6 nitrogen and oxygen atoms in total. The number of aryl methyl sites for hydroxylation is 1. The molecule has 2 rings (SSSR count). The summed E-state index contributed by atoms with van der Waals surface area (Å²) in [6, 6.07) is 12.9. The number of hydrogen-bond donors (Lipinski definition) is 2. The zero-order valence-corrected chi connectivity index (χ0v) is 16.4. The van der Waals surface area contributed by atoms with E-state index in [4.69, 9.17) is 4.74 Å². The highest BCUT2D eigenvalue weighted by Crippen LogP contribution is 2.26. The highest BCUT2D eigenvalue weighted by molar-refractivity contribution is 7.99. The van der Waals surface area contributed by atoms with Crippen LogP contribution >= 0.6 is 11.8 Å². The first kappa shape index (κ1) is 22.4. The van der Waals surface area contributed by atoms with Crippen molar-refractivity contribution in [3.8, 4) is 0 Å². The SMILES string of the molecule is Cc1ccccc1C(=O)NCCC(=O)OCC(=O)Nc1ccc(SC(F)F)cc1. The number of hydrogen-bond acceptors (Lipinski definition) is 5. The van der Waals surface area contributed by atoms with Crippen LogP contribution in [-0.2, 0) is 14.3 Å². The number of benzene rings is 2. The van der Waals surface area contributed by atoms with E-state index in [-0.39, 0.29) is 18.9 Å². The van der Waals surface area contributed by atoms with Crippen LogP contribution in [0.1, 0.15) is 22.3 Å². The van der Waals surface area contributed by atoms with Crippen LogP contribution in [0.15, 0.2) is 53.4 Å². The van der Waals surface area contributed by atoms with E-state index in [9.17, 15) is 23.2 Å². The summed E-state index contributed by atoms with van der Waals surface area (Å²) in [5.74, 6) is -4.00. The summed E-state index contributed by atoms with van der Waals surface area (Å²) >= 11 is 0.404. The summed E-state index contributed by atoms with van der Waals surface area (Å²) in [6.07, 6.45) is -0.0789. The Morgan fingerprint density at radius 2 is 1.76 bits per heavy atom. The molecule has 2 aromatic rings. The Bertz CT molecular complexity index is 860.